The van der Waals surface area contributed by atoms with Crippen LogP contribution in [0.4, 0.5) is 5.69 Å². The molecule has 1 saturated heterocycles. The van der Waals surface area contributed by atoms with Crippen molar-refractivity contribution >= 4 is 11.6 Å². The minimum atomic E-state index is -0.221. The van der Waals surface area contributed by atoms with Crippen molar-refractivity contribution in [1.82, 2.24) is 5.32 Å². The van der Waals surface area contributed by atoms with Crippen molar-refractivity contribution in [2.24, 2.45) is 11.8 Å². The lowest BCUT2D eigenvalue weighted by Gasteiger charge is -2.35. The first-order valence-corrected chi connectivity index (χ1v) is 8.38. The number of carbonyl (C=O) groups excluding carboxylic acids is 1. The lowest BCUT2D eigenvalue weighted by atomic mass is 9.81. The number of piperidine rings is 1. The molecule has 4 heteroatoms. The van der Waals surface area contributed by atoms with Gasteiger partial charge in [0, 0.05) is 18.2 Å². The Morgan fingerprint density at radius 1 is 1.27 bits per heavy atom. The summed E-state index contributed by atoms with van der Waals surface area (Å²) in [6.45, 7) is 5.12. The smallest absolute Gasteiger partial charge is 0.224 e. The van der Waals surface area contributed by atoms with E-state index in [1.807, 2.05) is 6.07 Å². The van der Waals surface area contributed by atoms with Crippen LogP contribution in [0.25, 0.3) is 0 Å². The van der Waals surface area contributed by atoms with Gasteiger partial charge in [0.2, 0.25) is 5.91 Å². The fourth-order valence-corrected chi connectivity index (χ4v) is 3.68. The van der Waals surface area contributed by atoms with Gasteiger partial charge in [-0.3, -0.25) is 4.79 Å². The molecule has 3 unspecified atom stereocenters. The second-order valence-corrected chi connectivity index (χ2v) is 6.99. The number of benzene rings is 1. The summed E-state index contributed by atoms with van der Waals surface area (Å²) in [6, 6.07) is 6.64. The molecule has 0 bridgehead atoms. The molecule has 0 spiro atoms. The zero-order chi connectivity index (χ0) is 15.7. The molecule has 1 aromatic rings. The second kappa shape index (κ2) is 6.39. The number of anilines is 1. The number of hydrogen-bond donors (Lipinski definition) is 3. The van der Waals surface area contributed by atoms with Crippen LogP contribution in [-0.4, -0.2) is 23.7 Å². The summed E-state index contributed by atoms with van der Waals surface area (Å²) in [5.41, 5.74) is 3.45. The summed E-state index contributed by atoms with van der Waals surface area (Å²) in [5.74, 6) is 0.778. The molecule has 2 aliphatic heterocycles. The van der Waals surface area contributed by atoms with Gasteiger partial charge in [0.05, 0.1) is 6.10 Å². The molecular weight excluding hydrogens is 276 g/mol. The van der Waals surface area contributed by atoms with Crippen LogP contribution in [0, 0.1) is 11.8 Å². The van der Waals surface area contributed by atoms with Crippen molar-refractivity contribution < 1.29 is 9.90 Å². The van der Waals surface area contributed by atoms with Gasteiger partial charge in [0.15, 0.2) is 0 Å². The van der Waals surface area contributed by atoms with Gasteiger partial charge in [0.1, 0.15) is 0 Å². The molecule has 22 heavy (non-hydrogen) atoms. The number of fused-ring (bicyclic) bond motifs is 1. The van der Waals surface area contributed by atoms with Crippen molar-refractivity contribution in [2.75, 3.05) is 11.9 Å². The van der Waals surface area contributed by atoms with E-state index in [1.54, 1.807) is 0 Å². The number of aliphatic hydroxyl groups excluding tert-OH is 1. The van der Waals surface area contributed by atoms with Crippen LogP contribution < -0.4 is 10.6 Å². The zero-order valence-electron chi connectivity index (χ0n) is 13.4. The molecule has 1 aromatic carbocycles. The number of rotatable bonds is 3. The number of aryl methyl sites for hydroxylation is 1. The van der Waals surface area contributed by atoms with Crippen LogP contribution in [0.15, 0.2) is 18.2 Å². The molecule has 0 saturated carbocycles. The number of carbonyl (C=O) groups is 1. The van der Waals surface area contributed by atoms with Crippen LogP contribution >= 0.6 is 0 Å². The van der Waals surface area contributed by atoms with Gasteiger partial charge < -0.3 is 15.7 Å². The van der Waals surface area contributed by atoms with E-state index in [-0.39, 0.29) is 12.0 Å². The van der Waals surface area contributed by atoms with Gasteiger partial charge in [-0.15, -0.1) is 0 Å². The van der Waals surface area contributed by atoms with Gasteiger partial charge in [-0.2, -0.15) is 0 Å². The maximum atomic E-state index is 11.4. The topological polar surface area (TPSA) is 61.4 Å². The Morgan fingerprint density at radius 2 is 2.09 bits per heavy atom. The van der Waals surface area contributed by atoms with Gasteiger partial charge in [0.25, 0.3) is 0 Å². The Balaban J connectivity index is 1.75. The summed E-state index contributed by atoms with van der Waals surface area (Å²) in [4.78, 5) is 11.4. The maximum absolute atomic E-state index is 11.4. The highest BCUT2D eigenvalue weighted by atomic mass is 16.3. The first kappa shape index (κ1) is 15.5. The molecule has 3 N–H and O–H groups in total. The molecule has 3 atom stereocenters. The van der Waals surface area contributed by atoms with Gasteiger partial charge in [-0.05, 0) is 54.8 Å². The van der Waals surface area contributed by atoms with E-state index in [0.717, 1.165) is 31.5 Å². The molecule has 2 aliphatic rings. The van der Waals surface area contributed by atoms with E-state index < -0.39 is 0 Å². The van der Waals surface area contributed by atoms with E-state index in [0.29, 0.717) is 24.3 Å². The summed E-state index contributed by atoms with van der Waals surface area (Å²) in [5, 5.41) is 16.9. The van der Waals surface area contributed by atoms with Crippen molar-refractivity contribution in [3.8, 4) is 0 Å². The molecular formula is C18H26N2O2. The van der Waals surface area contributed by atoms with Crippen molar-refractivity contribution in [1.29, 1.82) is 0 Å². The number of nitrogens with one attached hydrogen (secondary N) is 2. The van der Waals surface area contributed by atoms with E-state index in [1.165, 1.54) is 11.1 Å². The Hall–Kier alpha value is -1.39. The van der Waals surface area contributed by atoms with E-state index in [9.17, 15) is 9.90 Å². The summed E-state index contributed by atoms with van der Waals surface area (Å²) in [6.07, 6.45) is 3.19. The lowest BCUT2D eigenvalue weighted by Crippen LogP contribution is -2.38. The minimum Gasteiger partial charge on any atom is -0.393 e. The van der Waals surface area contributed by atoms with Crippen LogP contribution in [0.2, 0.25) is 0 Å². The molecule has 2 heterocycles. The Morgan fingerprint density at radius 3 is 2.86 bits per heavy atom. The van der Waals surface area contributed by atoms with Crippen LogP contribution in [0.5, 0.6) is 0 Å². The fraction of sp³-hybridized carbons (Fsp3) is 0.611. The minimum absolute atomic E-state index is 0.108. The average molecular weight is 302 g/mol. The Kier molecular flexibility index (Phi) is 4.50. The average Bonchev–Trinajstić information content (AvgIpc) is 2.53. The van der Waals surface area contributed by atoms with E-state index in [2.05, 4.69) is 36.6 Å². The molecule has 0 radical (unpaired) electrons. The normalized spacial score (nSPS) is 26.5. The number of hydrogen-bond acceptors (Lipinski definition) is 3. The van der Waals surface area contributed by atoms with Crippen LogP contribution in [0.3, 0.4) is 0 Å². The predicted molar refractivity (Wildman–Crippen MR) is 87.7 cm³/mol. The monoisotopic (exact) mass is 302 g/mol. The predicted octanol–water partition coefficient (Wildman–Crippen LogP) is 2.63. The van der Waals surface area contributed by atoms with Crippen LogP contribution in [0.1, 0.15) is 50.3 Å². The molecule has 0 aromatic heterocycles. The third kappa shape index (κ3) is 3.18. The Bertz CT molecular complexity index is 556. The summed E-state index contributed by atoms with van der Waals surface area (Å²) in [7, 11) is 0. The molecule has 0 aliphatic carbocycles. The quantitative estimate of drug-likeness (QED) is 0.804. The summed E-state index contributed by atoms with van der Waals surface area (Å²) < 4.78 is 0. The van der Waals surface area contributed by atoms with Gasteiger partial charge in [-0.25, -0.2) is 0 Å². The van der Waals surface area contributed by atoms with E-state index >= 15 is 0 Å². The first-order chi connectivity index (χ1) is 10.5. The van der Waals surface area contributed by atoms with Crippen molar-refractivity contribution in [3.63, 3.8) is 0 Å². The van der Waals surface area contributed by atoms with Gasteiger partial charge >= 0.3 is 0 Å². The third-order valence-corrected chi connectivity index (χ3v) is 5.04. The highest BCUT2D eigenvalue weighted by Gasteiger charge is 2.29. The van der Waals surface area contributed by atoms with Crippen LogP contribution in [-0.2, 0) is 11.2 Å². The first-order valence-electron chi connectivity index (χ1n) is 8.38. The largest absolute Gasteiger partial charge is 0.393 e. The highest BCUT2D eigenvalue weighted by Crippen LogP contribution is 2.33. The Labute approximate surface area is 132 Å². The van der Waals surface area contributed by atoms with Gasteiger partial charge in [-0.1, -0.05) is 26.0 Å². The van der Waals surface area contributed by atoms with E-state index in [4.69, 9.17) is 0 Å². The summed E-state index contributed by atoms with van der Waals surface area (Å²) >= 11 is 0. The molecule has 1 fully saturated rings. The standard InChI is InChI=1S/C18H26N2O2/c1-11(2)18(22)14-7-8-19-16(10-14)13-3-5-15-12(9-13)4-6-17(21)20-15/h3,5,9,11,14,16,18-19,22H,4,6-8,10H2,1-2H3,(H,20,21). The SMILES string of the molecule is CC(C)C(O)C1CCNC(c2ccc3c(c2)CCC(=O)N3)C1. The highest BCUT2D eigenvalue weighted by molar-refractivity contribution is 5.93. The fourth-order valence-electron chi connectivity index (χ4n) is 3.68. The third-order valence-electron chi connectivity index (χ3n) is 5.04. The number of aliphatic hydroxyl groups is 1. The van der Waals surface area contributed by atoms with Crippen molar-refractivity contribution in [3.05, 3.63) is 29.3 Å². The number of amides is 1. The molecule has 1 amide bonds. The molecule has 4 nitrogen and oxygen atoms in total. The molecule has 3 rings (SSSR count). The maximum Gasteiger partial charge on any atom is 0.224 e. The van der Waals surface area contributed by atoms with Crippen molar-refractivity contribution in [2.45, 2.75) is 51.7 Å². The molecule has 120 valence electrons. The lowest BCUT2D eigenvalue weighted by molar-refractivity contribution is -0.116. The second-order valence-electron chi connectivity index (χ2n) is 6.99. The zero-order valence-corrected chi connectivity index (χ0v) is 13.4.